The minimum atomic E-state index is -0.0636. The van der Waals surface area contributed by atoms with Crippen molar-refractivity contribution in [2.24, 2.45) is 0 Å². The van der Waals surface area contributed by atoms with Gasteiger partial charge in [0.1, 0.15) is 0 Å². The molecule has 0 unspecified atom stereocenters. The largest absolute Gasteiger partial charge is 0.331 e. The van der Waals surface area contributed by atoms with E-state index in [0.717, 1.165) is 21.7 Å². The molecule has 0 bridgehead atoms. The Balaban J connectivity index is 1.72. The average molecular weight is 405 g/mol. The number of benzene rings is 2. The Labute approximate surface area is 175 Å². The summed E-state index contributed by atoms with van der Waals surface area (Å²) in [4.78, 5) is 30.4. The maximum Gasteiger partial charge on any atom is 0.268 e. The number of thiophene rings is 1. The van der Waals surface area contributed by atoms with E-state index in [1.54, 1.807) is 6.92 Å². The number of carbonyl (C=O) groups excluding carboxylic acids is 2. The molecule has 5 heteroatoms. The van der Waals surface area contributed by atoms with Gasteiger partial charge in [0.05, 0.1) is 10.9 Å². The maximum absolute atomic E-state index is 13.2. The van der Waals surface area contributed by atoms with Crippen LogP contribution in [0.15, 0.2) is 72.1 Å². The highest BCUT2D eigenvalue weighted by atomic mass is 32.1. The zero-order chi connectivity index (χ0) is 20.4. The highest BCUT2D eigenvalue weighted by molar-refractivity contribution is 7.12. The van der Waals surface area contributed by atoms with E-state index in [2.05, 4.69) is 6.92 Å². The molecule has 4 rings (SSSR count). The summed E-state index contributed by atoms with van der Waals surface area (Å²) in [5.41, 5.74) is 3.03. The molecule has 0 radical (unpaired) electrons. The Morgan fingerprint density at radius 1 is 1.03 bits per heavy atom. The third-order valence-electron chi connectivity index (χ3n) is 5.49. The number of carbonyl (C=O) groups is 2. The molecular weight excluding hydrogens is 380 g/mol. The third kappa shape index (κ3) is 3.83. The highest BCUT2D eigenvalue weighted by Crippen LogP contribution is 2.41. The lowest BCUT2D eigenvalue weighted by molar-refractivity contribution is -0.132. The molecule has 1 aliphatic rings. The van der Waals surface area contributed by atoms with Gasteiger partial charge < -0.3 is 9.80 Å². The van der Waals surface area contributed by atoms with Crippen LogP contribution < -0.4 is 4.90 Å². The predicted octanol–water partition coefficient (Wildman–Crippen LogP) is 5.28. The van der Waals surface area contributed by atoms with Crippen molar-refractivity contribution in [3.05, 3.63) is 88.1 Å². The Morgan fingerprint density at radius 3 is 2.45 bits per heavy atom. The predicted molar refractivity (Wildman–Crippen MR) is 117 cm³/mol. The second kappa shape index (κ2) is 8.21. The van der Waals surface area contributed by atoms with E-state index in [-0.39, 0.29) is 23.9 Å². The molecule has 1 aliphatic heterocycles. The molecule has 1 aromatic heterocycles. The maximum atomic E-state index is 13.2. The van der Waals surface area contributed by atoms with Crippen LogP contribution in [0.2, 0.25) is 0 Å². The Kier molecular flexibility index (Phi) is 5.49. The van der Waals surface area contributed by atoms with Gasteiger partial charge in [-0.15, -0.1) is 11.3 Å². The van der Waals surface area contributed by atoms with Gasteiger partial charge in [-0.2, -0.15) is 0 Å². The van der Waals surface area contributed by atoms with Crippen molar-refractivity contribution in [1.82, 2.24) is 4.90 Å². The van der Waals surface area contributed by atoms with Gasteiger partial charge in [0.25, 0.3) is 5.91 Å². The lowest BCUT2D eigenvalue weighted by Crippen LogP contribution is -2.47. The quantitative estimate of drug-likeness (QED) is 0.594. The number of fused-ring (bicyclic) bond motifs is 1. The molecule has 0 saturated heterocycles. The van der Waals surface area contributed by atoms with Crippen molar-refractivity contribution < 1.29 is 9.59 Å². The van der Waals surface area contributed by atoms with E-state index in [1.165, 1.54) is 11.3 Å². The van der Waals surface area contributed by atoms with Crippen LogP contribution >= 0.6 is 11.3 Å². The Morgan fingerprint density at radius 2 is 1.76 bits per heavy atom. The lowest BCUT2D eigenvalue weighted by atomic mass is 9.90. The fourth-order valence-electron chi connectivity index (χ4n) is 4.13. The monoisotopic (exact) mass is 404 g/mol. The van der Waals surface area contributed by atoms with Crippen LogP contribution in [0.3, 0.4) is 0 Å². The molecule has 4 nitrogen and oxygen atoms in total. The van der Waals surface area contributed by atoms with Gasteiger partial charge in [0, 0.05) is 25.2 Å². The summed E-state index contributed by atoms with van der Waals surface area (Å²) in [6.45, 7) is 4.25. The first kappa shape index (κ1) is 19.4. The first-order valence-corrected chi connectivity index (χ1v) is 10.7. The molecule has 2 atom stereocenters. The summed E-state index contributed by atoms with van der Waals surface area (Å²) < 4.78 is 0. The van der Waals surface area contributed by atoms with Crippen molar-refractivity contribution in [2.45, 2.75) is 38.9 Å². The number of hydrogen-bond donors (Lipinski definition) is 0. The second-order valence-corrected chi connectivity index (χ2v) is 8.39. The van der Waals surface area contributed by atoms with Crippen LogP contribution in [-0.2, 0) is 11.3 Å². The Hall–Kier alpha value is -2.92. The van der Waals surface area contributed by atoms with E-state index in [1.807, 2.05) is 81.9 Å². The van der Waals surface area contributed by atoms with Crippen molar-refractivity contribution >= 4 is 28.8 Å². The van der Waals surface area contributed by atoms with Crippen molar-refractivity contribution in [3.8, 4) is 0 Å². The molecule has 0 spiro atoms. The van der Waals surface area contributed by atoms with E-state index in [9.17, 15) is 9.59 Å². The standard InChI is InChI=1S/C24H24N2O2S/c1-17-15-22(25(18(2)27)16-19-9-4-3-5-10-19)20-11-6-7-12-21(20)26(17)24(28)23-13-8-14-29-23/h3-14,17,22H,15-16H2,1-2H3/t17-,22+/m1/s1. The molecule has 2 aromatic carbocycles. The molecule has 0 saturated carbocycles. The van der Waals surface area contributed by atoms with Gasteiger partial charge in [-0.25, -0.2) is 0 Å². The lowest BCUT2D eigenvalue weighted by Gasteiger charge is -2.43. The first-order chi connectivity index (χ1) is 14.1. The van der Waals surface area contributed by atoms with E-state index >= 15 is 0 Å². The first-order valence-electron chi connectivity index (χ1n) is 9.83. The van der Waals surface area contributed by atoms with Crippen LogP contribution in [0.25, 0.3) is 0 Å². The van der Waals surface area contributed by atoms with Gasteiger partial charge in [-0.1, -0.05) is 54.6 Å². The van der Waals surface area contributed by atoms with Crippen molar-refractivity contribution in [3.63, 3.8) is 0 Å². The minimum Gasteiger partial charge on any atom is -0.331 e. The SMILES string of the molecule is CC(=O)N(Cc1ccccc1)[C@H]1C[C@@H](C)N(C(=O)c2cccs2)c2ccccc21. The summed E-state index contributed by atoms with van der Waals surface area (Å²) in [6, 6.07) is 21.7. The molecule has 0 N–H and O–H groups in total. The number of amides is 2. The third-order valence-corrected chi connectivity index (χ3v) is 6.35. The number of hydrogen-bond acceptors (Lipinski definition) is 3. The number of para-hydroxylation sites is 1. The van der Waals surface area contributed by atoms with Crippen LogP contribution in [0, 0.1) is 0 Å². The molecule has 2 heterocycles. The van der Waals surface area contributed by atoms with E-state index in [0.29, 0.717) is 13.0 Å². The van der Waals surface area contributed by atoms with Gasteiger partial charge >= 0.3 is 0 Å². The fourth-order valence-corrected chi connectivity index (χ4v) is 4.79. The highest BCUT2D eigenvalue weighted by Gasteiger charge is 2.37. The summed E-state index contributed by atoms with van der Waals surface area (Å²) >= 11 is 1.46. The topological polar surface area (TPSA) is 40.6 Å². The minimum absolute atomic E-state index is 0.0119. The number of anilines is 1. The van der Waals surface area contributed by atoms with Crippen molar-refractivity contribution in [1.29, 1.82) is 0 Å². The molecular formula is C24H24N2O2S. The fraction of sp³-hybridized carbons (Fsp3) is 0.250. The molecule has 29 heavy (non-hydrogen) atoms. The summed E-state index contributed by atoms with van der Waals surface area (Å²) in [6.07, 6.45) is 0.709. The van der Waals surface area contributed by atoms with Gasteiger partial charge in [-0.3, -0.25) is 9.59 Å². The molecule has 0 aliphatic carbocycles. The average Bonchev–Trinajstić information content (AvgIpc) is 3.27. The van der Waals surface area contributed by atoms with Crippen LogP contribution in [0.4, 0.5) is 5.69 Å². The summed E-state index contributed by atoms with van der Waals surface area (Å²) in [7, 11) is 0. The second-order valence-electron chi connectivity index (χ2n) is 7.44. The summed E-state index contributed by atoms with van der Waals surface area (Å²) in [5, 5.41) is 1.92. The number of nitrogens with zero attached hydrogens (tertiary/aromatic N) is 2. The van der Waals surface area contributed by atoms with E-state index < -0.39 is 0 Å². The van der Waals surface area contributed by atoms with Crippen molar-refractivity contribution in [2.75, 3.05) is 4.90 Å². The smallest absolute Gasteiger partial charge is 0.268 e. The summed E-state index contributed by atoms with van der Waals surface area (Å²) in [5.74, 6) is 0.0646. The van der Waals surface area contributed by atoms with Crippen LogP contribution in [0.1, 0.15) is 47.1 Å². The van der Waals surface area contributed by atoms with Gasteiger partial charge in [-0.05, 0) is 42.0 Å². The number of rotatable bonds is 4. The van der Waals surface area contributed by atoms with E-state index in [4.69, 9.17) is 0 Å². The Bertz CT molecular complexity index is 1000. The normalized spacial score (nSPS) is 18.2. The zero-order valence-corrected chi connectivity index (χ0v) is 17.4. The van der Waals surface area contributed by atoms with Gasteiger partial charge in [0.2, 0.25) is 5.91 Å². The molecule has 2 amide bonds. The van der Waals surface area contributed by atoms with Crippen LogP contribution in [-0.4, -0.2) is 22.8 Å². The van der Waals surface area contributed by atoms with Gasteiger partial charge in [0.15, 0.2) is 0 Å². The van der Waals surface area contributed by atoms with Crippen LogP contribution in [0.5, 0.6) is 0 Å². The molecule has 148 valence electrons. The molecule has 0 fully saturated rings. The molecule has 3 aromatic rings. The zero-order valence-electron chi connectivity index (χ0n) is 16.6.